The van der Waals surface area contributed by atoms with Gasteiger partial charge in [0.1, 0.15) is 0 Å². The number of rotatable bonds is 6. The fraction of sp³-hybridized carbons (Fsp3) is 0.900. The van der Waals surface area contributed by atoms with Gasteiger partial charge >= 0.3 is 0 Å². The molecule has 14 heavy (non-hydrogen) atoms. The van der Waals surface area contributed by atoms with Crippen molar-refractivity contribution in [3.8, 4) is 0 Å². The standard InChI is InChI=1S/C10H20N2O2/c1-11-6-2-5-10(13)12-8-9-4-3-7-14-9/h9,11H,2-8H2,1H3,(H,12,13). The Labute approximate surface area is 85.4 Å². The van der Waals surface area contributed by atoms with Gasteiger partial charge in [-0.1, -0.05) is 0 Å². The van der Waals surface area contributed by atoms with E-state index in [1.807, 2.05) is 7.05 Å². The molecule has 1 aliphatic heterocycles. The molecule has 1 heterocycles. The molecule has 1 saturated heterocycles. The molecule has 0 aromatic rings. The molecule has 2 N–H and O–H groups in total. The molecule has 1 amide bonds. The molecular weight excluding hydrogens is 180 g/mol. The van der Waals surface area contributed by atoms with Gasteiger partial charge in [0.2, 0.25) is 5.91 Å². The maximum absolute atomic E-state index is 11.3. The Bertz CT molecular complexity index is 168. The van der Waals surface area contributed by atoms with E-state index >= 15 is 0 Å². The summed E-state index contributed by atoms with van der Waals surface area (Å²) >= 11 is 0. The van der Waals surface area contributed by atoms with Crippen LogP contribution >= 0.6 is 0 Å². The largest absolute Gasteiger partial charge is 0.376 e. The van der Waals surface area contributed by atoms with Gasteiger partial charge in [-0.3, -0.25) is 4.79 Å². The molecule has 1 fully saturated rings. The highest BCUT2D eigenvalue weighted by Crippen LogP contribution is 2.10. The maximum Gasteiger partial charge on any atom is 0.220 e. The van der Waals surface area contributed by atoms with E-state index in [2.05, 4.69) is 10.6 Å². The summed E-state index contributed by atoms with van der Waals surface area (Å²) in [5.74, 6) is 0.135. The molecule has 0 bridgehead atoms. The number of ether oxygens (including phenoxy) is 1. The fourth-order valence-corrected chi connectivity index (χ4v) is 1.55. The molecule has 0 aliphatic carbocycles. The highest BCUT2D eigenvalue weighted by Gasteiger charge is 2.15. The van der Waals surface area contributed by atoms with Crippen LogP contribution in [0.5, 0.6) is 0 Å². The summed E-state index contributed by atoms with van der Waals surface area (Å²) in [6.07, 6.45) is 3.96. The second kappa shape index (κ2) is 6.79. The molecule has 4 nitrogen and oxygen atoms in total. The molecule has 0 aromatic carbocycles. The van der Waals surface area contributed by atoms with Crippen molar-refractivity contribution in [2.75, 3.05) is 26.7 Å². The summed E-state index contributed by atoms with van der Waals surface area (Å²) in [5, 5.41) is 5.91. The van der Waals surface area contributed by atoms with E-state index in [0.29, 0.717) is 13.0 Å². The summed E-state index contributed by atoms with van der Waals surface area (Å²) in [5.41, 5.74) is 0. The minimum Gasteiger partial charge on any atom is -0.376 e. The highest BCUT2D eigenvalue weighted by molar-refractivity contribution is 5.75. The van der Waals surface area contributed by atoms with Gasteiger partial charge in [0, 0.05) is 19.6 Å². The van der Waals surface area contributed by atoms with Crippen molar-refractivity contribution in [1.29, 1.82) is 0 Å². The molecule has 82 valence electrons. The van der Waals surface area contributed by atoms with Crippen LogP contribution in [0.1, 0.15) is 25.7 Å². The molecule has 0 aromatic heterocycles. The maximum atomic E-state index is 11.3. The fourth-order valence-electron chi connectivity index (χ4n) is 1.55. The van der Waals surface area contributed by atoms with Crippen molar-refractivity contribution in [3.63, 3.8) is 0 Å². The van der Waals surface area contributed by atoms with Crippen molar-refractivity contribution in [2.24, 2.45) is 0 Å². The van der Waals surface area contributed by atoms with Crippen molar-refractivity contribution >= 4 is 5.91 Å². The van der Waals surface area contributed by atoms with Gasteiger partial charge in [-0.15, -0.1) is 0 Å². The molecule has 0 radical (unpaired) electrons. The third-order valence-corrected chi connectivity index (χ3v) is 2.38. The monoisotopic (exact) mass is 200 g/mol. The number of hydrogen-bond acceptors (Lipinski definition) is 3. The van der Waals surface area contributed by atoms with E-state index in [1.165, 1.54) is 0 Å². The van der Waals surface area contributed by atoms with E-state index in [-0.39, 0.29) is 12.0 Å². The third-order valence-electron chi connectivity index (χ3n) is 2.38. The summed E-state index contributed by atoms with van der Waals surface area (Å²) < 4.78 is 5.40. The van der Waals surface area contributed by atoms with Gasteiger partial charge in [-0.25, -0.2) is 0 Å². The van der Waals surface area contributed by atoms with Crippen molar-refractivity contribution in [1.82, 2.24) is 10.6 Å². The van der Waals surface area contributed by atoms with Crippen LogP contribution in [0.4, 0.5) is 0 Å². The molecule has 1 atom stereocenters. The lowest BCUT2D eigenvalue weighted by molar-refractivity contribution is -0.121. The Morgan fingerprint density at radius 3 is 3.07 bits per heavy atom. The lowest BCUT2D eigenvalue weighted by Gasteiger charge is -2.10. The zero-order valence-electron chi connectivity index (χ0n) is 8.84. The molecule has 0 spiro atoms. The number of hydrogen-bond donors (Lipinski definition) is 2. The Kier molecular flexibility index (Phi) is 5.56. The first-order chi connectivity index (χ1) is 6.83. The average molecular weight is 200 g/mol. The average Bonchev–Trinajstić information content (AvgIpc) is 2.68. The van der Waals surface area contributed by atoms with Crippen molar-refractivity contribution in [3.05, 3.63) is 0 Å². The van der Waals surface area contributed by atoms with Crippen LogP contribution in [0.25, 0.3) is 0 Å². The predicted octanol–water partition coefficient (Wildman–Crippen LogP) is 0.281. The highest BCUT2D eigenvalue weighted by atomic mass is 16.5. The van der Waals surface area contributed by atoms with E-state index in [0.717, 1.165) is 32.4 Å². The first kappa shape index (κ1) is 11.5. The smallest absolute Gasteiger partial charge is 0.220 e. The van der Waals surface area contributed by atoms with Gasteiger partial charge in [0.05, 0.1) is 6.10 Å². The third kappa shape index (κ3) is 4.58. The second-order valence-corrected chi connectivity index (χ2v) is 3.65. The Balaban J connectivity index is 1.96. The van der Waals surface area contributed by atoms with E-state index in [9.17, 15) is 4.79 Å². The van der Waals surface area contributed by atoms with Crippen LogP contribution in [-0.2, 0) is 9.53 Å². The number of carbonyl (C=O) groups is 1. The number of amides is 1. The van der Waals surface area contributed by atoms with Crippen LogP contribution in [0.15, 0.2) is 0 Å². The summed E-state index contributed by atoms with van der Waals surface area (Å²) in [7, 11) is 1.89. The molecule has 0 saturated carbocycles. The van der Waals surface area contributed by atoms with Gasteiger partial charge in [0.15, 0.2) is 0 Å². The quantitative estimate of drug-likeness (QED) is 0.606. The lowest BCUT2D eigenvalue weighted by atomic mass is 10.2. The van der Waals surface area contributed by atoms with Gasteiger partial charge in [-0.05, 0) is 32.9 Å². The molecule has 4 heteroatoms. The normalized spacial score (nSPS) is 21.1. The van der Waals surface area contributed by atoms with Crippen molar-refractivity contribution in [2.45, 2.75) is 31.8 Å². The van der Waals surface area contributed by atoms with Crippen LogP contribution in [0.2, 0.25) is 0 Å². The number of nitrogens with one attached hydrogen (secondary N) is 2. The first-order valence-electron chi connectivity index (χ1n) is 5.36. The topological polar surface area (TPSA) is 50.4 Å². The molecule has 1 unspecified atom stereocenters. The molecule has 1 rings (SSSR count). The van der Waals surface area contributed by atoms with Crippen molar-refractivity contribution < 1.29 is 9.53 Å². The second-order valence-electron chi connectivity index (χ2n) is 3.65. The number of carbonyl (C=O) groups excluding carboxylic acids is 1. The van der Waals surface area contributed by atoms with Gasteiger partial charge in [0.25, 0.3) is 0 Å². The first-order valence-corrected chi connectivity index (χ1v) is 5.36. The Morgan fingerprint density at radius 1 is 1.57 bits per heavy atom. The van der Waals surface area contributed by atoms with Gasteiger partial charge < -0.3 is 15.4 Å². The zero-order chi connectivity index (χ0) is 10.2. The predicted molar refractivity (Wildman–Crippen MR) is 55.1 cm³/mol. The van der Waals surface area contributed by atoms with Crippen LogP contribution < -0.4 is 10.6 Å². The Hall–Kier alpha value is -0.610. The summed E-state index contributed by atoms with van der Waals surface area (Å²) in [6, 6.07) is 0. The minimum absolute atomic E-state index is 0.135. The van der Waals surface area contributed by atoms with Crippen LogP contribution in [-0.4, -0.2) is 38.8 Å². The van der Waals surface area contributed by atoms with Crippen LogP contribution in [0, 0.1) is 0 Å². The molecule has 1 aliphatic rings. The summed E-state index contributed by atoms with van der Waals surface area (Å²) in [4.78, 5) is 11.3. The van der Waals surface area contributed by atoms with Crippen LogP contribution in [0.3, 0.4) is 0 Å². The van der Waals surface area contributed by atoms with E-state index in [1.54, 1.807) is 0 Å². The Morgan fingerprint density at radius 2 is 2.43 bits per heavy atom. The van der Waals surface area contributed by atoms with Gasteiger partial charge in [-0.2, -0.15) is 0 Å². The molecular formula is C10H20N2O2. The summed E-state index contributed by atoms with van der Waals surface area (Å²) in [6.45, 7) is 2.42. The van der Waals surface area contributed by atoms with E-state index < -0.39 is 0 Å². The minimum atomic E-state index is 0.135. The SMILES string of the molecule is CNCCCC(=O)NCC1CCCO1. The van der Waals surface area contributed by atoms with E-state index in [4.69, 9.17) is 4.74 Å². The zero-order valence-corrected chi connectivity index (χ0v) is 8.84. The lowest BCUT2D eigenvalue weighted by Crippen LogP contribution is -2.31.